The molecule has 0 radical (unpaired) electrons. The lowest BCUT2D eigenvalue weighted by Crippen LogP contribution is -2.60. The van der Waals surface area contributed by atoms with Gasteiger partial charge in [0.1, 0.15) is 11.6 Å². The zero-order valence-electron chi connectivity index (χ0n) is 22.5. The number of hydrogen-bond acceptors (Lipinski definition) is 6. The second-order valence-corrected chi connectivity index (χ2v) is 12.5. The maximum atomic E-state index is 14.2. The van der Waals surface area contributed by atoms with Gasteiger partial charge in [-0.05, 0) is 65.7 Å². The van der Waals surface area contributed by atoms with Crippen molar-refractivity contribution in [3.05, 3.63) is 25.3 Å². The maximum absolute atomic E-state index is 14.2. The summed E-state index contributed by atoms with van der Waals surface area (Å²) in [6, 6.07) is -0.839. The molecule has 3 unspecified atom stereocenters. The number of carbonyl (C=O) groups is 3. The first-order chi connectivity index (χ1) is 17.5. The molecule has 0 aromatic carbocycles. The fourth-order valence-corrected chi connectivity index (χ4v) is 7.06. The second kappa shape index (κ2) is 12.4. The Balaban J connectivity index is 1.94. The number of aliphatic hydroxyl groups is 1. The fourth-order valence-electron chi connectivity index (χ4n) is 6.12. The van der Waals surface area contributed by atoms with Crippen molar-refractivity contribution in [2.24, 2.45) is 11.8 Å². The number of nitrogens with zero attached hydrogens (tertiary/aromatic N) is 2. The molecule has 2 bridgehead atoms. The number of amides is 2. The van der Waals surface area contributed by atoms with Gasteiger partial charge in [0.2, 0.25) is 11.8 Å². The number of aliphatic hydroxyl groups excluding tert-OH is 1. The number of allylic oxidation sites excluding steroid dienone is 1. The number of hydrogen-bond donors (Lipinski definition) is 1. The van der Waals surface area contributed by atoms with Crippen LogP contribution in [0, 0.1) is 11.8 Å². The molecule has 6 atom stereocenters. The zero-order valence-corrected chi connectivity index (χ0v) is 24.1. The molecule has 0 aromatic rings. The van der Waals surface area contributed by atoms with E-state index in [4.69, 9.17) is 9.47 Å². The van der Waals surface area contributed by atoms with Gasteiger partial charge in [0.25, 0.3) is 0 Å². The number of carbonyl (C=O) groups excluding carboxylic acids is 3. The summed E-state index contributed by atoms with van der Waals surface area (Å²) in [6.07, 6.45) is 7.92. The predicted molar refractivity (Wildman–Crippen MR) is 145 cm³/mol. The first-order valence-electron chi connectivity index (χ1n) is 13.5. The largest absolute Gasteiger partial charge is 0.465 e. The third kappa shape index (κ3) is 5.83. The predicted octanol–water partition coefficient (Wildman–Crippen LogP) is 3.61. The lowest BCUT2D eigenvalue weighted by molar-refractivity contribution is -0.155. The van der Waals surface area contributed by atoms with Crippen LogP contribution in [0.4, 0.5) is 0 Å². The molecule has 208 valence electrons. The summed E-state index contributed by atoms with van der Waals surface area (Å²) >= 11 is 3.69. The first-order valence-corrected chi connectivity index (χ1v) is 14.4. The Morgan fingerprint density at radius 2 is 1.95 bits per heavy atom. The topological polar surface area (TPSA) is 96.4 Å². The van der Waals surface area contributed by atoms with E-state index < -0.39 is 41.1 Å². The van der Waals surface area contributed by atoms with Crippen LogP contribution in [0.15, 0.2) is 25.3 Å². The minimum atomic E-state index is -1.10. The summed E-state index contributed by atoms with van der Waals surface area (Å²) in [5.74, 6) is -2.36. The van der Waals surface area contributed by atoms with Gasteiger partial charge >= 0.3 is 5.97 Å². The van der Waals surface area contributed by atoms with E-state index in [1.165, 1.54) is 0 Å². The number of esters is 1. The molecule has 3 aliphatic heterocycles. The molecule has 8 nitrogen and oxygen atoms in total. The molecule has 3 heterocycles. The summed E-state index contributed by atoms with van der Waals surface area (Å²) < 4.78 is 12.2. The van der Waals surface area contributed by atoms with Crippen LogP contribution >= 0.6 is 15.9 Å². The SMILES string of the molecule is C=CCCCCOC(=O)[C@H]1[C@H]2C(=O)N(CCCCCO)C(C(=O)N(CC=C)C(C)(C)C)C23CC(Br)[C@@H]1O3. The van der Waals surface area contributed by atoms with Crippen molar-refractivity contribution < 1.29 is 29.0 Å². The van der Waals surface area contributed by atoms with Crippen molar-refractivity contribution in [1.82, 2.24) is 9.80 Å². The summed E-state index contributed by atoms with van der Waals surface area (Å²) in [5.41, 5.74) is -1.60. The smallest absolute Gasteiger partial charge is 0.312 e. The van der Waals surface area contributed by atoms with Gasteiger partial charge in [-0.1, -0.05) is 28.1 Å². The van der Waals surface area contributed by atoms with Gasteiger partial charge in [-0.15, -0.1) is 13.2 Å². The van der Waals surface area contributed by atoms with E-state index in [0.717, 1.165) is 25.7 Å². The third-order valence-electron chi connectivity index (χ3n) is 7.79. The van der Waals surface area contributed by atoms with E-state index in [1.807, 2.05) is 26.8 Å². The van der Waals surface area contributed by atoms with Crippen LogP contribution in [-0.2, 0) is 23.9 Å². The number of rotatable bonds is 14. The highest BCUT2D eigenvalue weighted by molar-refractivity contribution is 9.09. The average molecular weight is 584 g/mol. The molecule has 0 aromatic heterocycles. The molecule has 9 heteroatoms. The molecule has 1 N–H and O–H groups in total. The van der Waals surface area contributed by atoms with E-state index in [2.05, 4.69) is 29.1 Å². The van der Waals surface area contributed by atoms with E-state index in [0.29, 0.717) is 32.4 Å². The number of ether oxygens (including phenoxy) is 2. The lowest BCUT2D eigenvalue weighted by atomic mass is 9.70. The number of halogens is 1. The van der Waals surface area contributed by atoms with Gasteiger partial charge in [-0.3, -0.25) is 14.4 Å². The molecule has 3 saturated heterocycles. The molecule has 2 amide bonds. The third-order valence-corrected chi connectivity index (χ3v) is 8.63. The van der Waals surface area contributed by atoms with Crippen LogP contribution < -0.4 is 0 Å². The van der Waals surface area contributed by atoms with Gasteiger partial charge < -0.3 is 24.4 Å². The molecular formula is C28H43BrN2O6. The highest BCUT2D eigenvalue weighted by Gasteiger charge is 2.77. The Labute approximate surface area is 229 Å². The molecule has 37 heavy (non-hydrogen) atoms. The second-order valence-electron chi connectivity index (χ2n) is 11.3. The number of likely N-dealkylation sites (tertiary alicyclic amines) is 1. The molecule has 3 rings (SSSR count). The van der Waals surface area contributed by atoms with E-state index in [1.54, 1.807) is 15.9 Å². The van der Waals surface area contributed by atoms with Crippen molar-refractivity contribution in [1.29, 1.82) is 0 Å². The van der Waals surface area contributed by atoms with Crippen LogP contribution in [0.2, 0.25) is 0 Å². The fraction of sp³-hybridized carbons (Fsp3) is 0.750. The minimum Gasteiger partial charge on any atom is -0.465 e. The van der Waals surface area contributed by atoms with Crippen LogP contribution in [0.3, 0.4) is 0 Å². The van der Waals surface area contributed by atoms with Crippen LogP contribution in [-0.4, -0.2) is 87.1 Å². The van der Waals surface area contributed by atoms with Gasteiger partial charge in [-0.2, -0.15) is 0 Å². The van der Waals surface area contributed by atoms with E-state index in [-0.39, 0.29) is 29.9 Å². The van der Waals surface area contributed by atoms with Crippen LogP contribution in [0.25, 0.3) is 0 Å². The minimum absolute atomic E-state index is 0.0801. The normalized spacial score (nSPS) is 30.4. The standard InChI is InChI=1S/C28H43BrN2O6/c1-6-8-9-13-17-36-26(35)20-21-24(33)30(15-11-10-12-16-32)23(28(21)18-19(29)22(20)37-28)25(34)31(14-7-2)27(3,4)5/h6-7,19-23,32H,1-2,8-18H2,3-5H3/t19?,20-,21-,22-,23?,28?/m0/s1. The molecule has 3 aliphatic rings. The maximum Gasteiger partial charge on any atom is 0.312 e. The Bertz CT molecular complexity index is 873. The quantitative estimate of drug-likeness (QED) is 0.145. The summed E-state index contributed by atoms with van der Waals surface area (Å²) in [5, 5.41) is 9.20. The van der Waals surface area contributed by atoms with Crippen molar-refractivity contribution >= 4 is 33.7 Å². The molecule has 3 fully saturated rings. The van der Waals surface area contributed by atoms with Crippen molar-refractivity contribution in [2.45, 2.75) is 93.8 Å². The van der Waals surface area contributed by atoms with Gasteiger partial charge in [0.05, 0.1) is 24.5 Å². The lowest BCUT2D eigenvalue weighted by Gasteiger charge is -2.42. The highest BCUT2D eigenvalue weighted by atomic mass is 79.9. The Morgan fingerprint density at radius 1 is 1.22 bits per heavy atom. The summed E-state index contributed by atoms with van der Waals surface area (Å²) in [4.78, 5) is 44.8. The van der Waals surface area contributed by atoms with Crippen LogP contribution in [0.5, 0.6) is 0 Å². The Kier molecular flexibility index (Phi) is 10.0. The molecule has 0 aliphatic carbocycles. The van der Waals surface area contributed by atoms with Gasteiger partial charge in [-0.25, -0.2) is 0 Å². The van der Waals surface area contributed by atoms with E-state index in [9.17, 15) is 19.5 Å². The van der Waals surface area contributed by atoms with Crippen molar-refractivity contribution in [2.75, 3.05) is 26.3 Å². The Morgan fingerprint density at radius 3 is 2.57 bits per heavy atom. The number of unbranched alkanes of at least 4 members (excludes halogenated alkanes) is 4. The summed E-state index contributed by atoms with van der Waals surface area (Å²) in [6.45, 7) is 14.5. The summed E-state index contributed by atoms with van der Waals surface area (Å²) in [7, 11) is 0. The number of fused-ring (bicyclic) bond motifs is 1. The molecular weight excluding hydrogens is 540 g/mol. The monoisotopic (exact) mass is 582 g/mol. The zero-order chi connectivity index (χ0) is 27.4. The number of alkyl halides is 1. The van der Waals surface area contributed by atoms with Crippen molar-refractivity contribution in [3.8, 4) is 0 Å². The highest BCUT2D eigenvalue weighted by Crippen LogP contribution is 2.60. The van der Waals surface area contributed by atoms with Crippen molar-refractivity contribution in [3.63, 3.8) is 0 Å². The van der Waals surface area contributed by atoms with Crippen LogP contribution in [0.1, 0.15) is 65.7 Å². The van der Waals surface area contributed by atoms with Gasteiger partial charge in [0.15, 0.2) is 0 Å². The first kappa shape index (κ1) is 29.8. The Hall–Kier alpha value is -1.71. The van der Waals surface area contributed by atoms with Gasteiger partial charge in [0, 0.05) is 30.1 Å². The molecule has 0 saturated carbocycles. The average Bonchev–Trinajstić information content (AvgIpc) is 3.42. The molecule has 1 spiro atoms. The van der Waals surface area contributed by atoms with E-state index >= 15 is 0 Å².